The van der Waals surface area contributed by atoms with Crippen LogP contribution in [0.4, 0.5) is 0 Å². The van der Waals surface area contributed by atoms with E-state index in [1.54, 1.807) is 41.7 Å². The first-order valence-electron chi connectivity index (χ1n) is 10.3. The summed E-state index contributed by atoms with van der Waals surface area (Å²) in [6.45, 7) is 1.44. The number of nitrogens with one attached hydrogen (secondary N) is 3. The predicted molar refractivity (Wildman–Crippen MR) is 118 cm³/mol. The number of nitrogens with zero attached hydrogens (tertiary/aromatic N) is 1. The average Bonchev–Trinajstić information content (AvgIpc) is 3.42. The molecule has 8 nitrogen and oxygen atoms in total. The molecule has 3 atom stereocenters. The Morgan fingerprint density at radius 1 is 1.19 bits per heavy atom. The molecule has 1 aromatic carbocycles. The number of rotatable bonds is 8. The van der Waals surface area contributed by atoms with Crippen molar-refractivity contribution in [1.29, 1.82) is 0 Å². The van der Waals surface area contributed by atoms with Gasteiger partial charge in [-0.25, -0.2) is 13.1 Å². The van der Waals surface area contributed by atoms with Gasteiger partial charge in [-0.3, -0.25) is 14.5 Å². The van der Waals surface area contributed by atoms with Gasteiger partial charge >= 0.3 is 0 Å². The van der Waals surface area contributed by atoms with Crippen LogP contribution in [-0.2, 0) is 26.2 Å². The molecule has 0 bridgehead atoms. The number of sulfonamides is 1. The van der Waals surface area contributed by atoms with Gasteiger partial charge in [0.15, 0.2) is 0 Å². The van der Waals surface area contributed by atoms with Crippen LogP contribution in [0.5, 0.6) is 0 Å². The zero-order valence-corrected chi connectivity index (χ0v) is 18.6. The van der Waals surface area contributed by atoms with Crippen LogP contribution in [0.1, 0.15) is 24.1 Å². The minimum absolute atomic E-state index is 0.00131. The highest BCUT2D eigenvalue weighted by molar-refractivity contribution is 7.89. The zero-order valence-electron chi connectivity index (χ0n) is 17.0. The maximum Gasteiger partial charge on any atom is 0.240 e. The summed E-state index contributed by atoms with van der Waals surface area (Å²) in [6.07, 6.45) is 1.37. The molecule has 10 heteroatoms. The fourth-order valence-electron chi connectivity index (χ4n) is 4.20. The topological polar surface area (TPSA) is 108 Å². The van der Waals surface area contributed by atoms with Gasteiger partial charge in [-0.05, 0) is 36.4 Å². The number of amides is 2. The molecule has 2 saturated heterocycles. The Morgan fingerprint density at radius 3 is 2.74 bits per heavy atom. The fraction of sp³-hybridized carbons (Fsp3) is 0.429. The van der Waals surface area contributed by atoms with E-state index in [9.17, 15) is 18.0 Å². The van der Waals surface area contributed by atoms with Crippen LogP contribution in [0.3, 0.4) is 0 Å². The summed E-state index contributed by atoms with van der Waals surface area (Å²) < 4.78 is 28.1. The second-order valence-electron chi connectivity index (χ2n) is 7.87. The first kappa shape index (κ1) is 21.9. The van der Waals surface area contributed by atoms with Gasteiger partial charge in [0.25, 0.3) is 0 Å². The molecule has 2 aliphatic rings. The second kappa shape index (κ2) is 9.47. The largest absolute Gasteiger partial charge is 0.353 e. The Labute approximate surface area is 186 Å². The molecule has 0 spiro atoms. The van der Waals surface area contributed by atoms with Crippen LogP contribution in [0.2, 0.25) is 0 Å². The predicted octanol–water partition coefficient (Wildman–Crippen LogP) is 1.06. The van der Waals surface area contributed by atoms with E-state index < -0.39 is 10.0 Å². The summed E-state index contributed by atoms with van der Waals surface area (Å²) >= 11 is 1.60. The number of thiophene rings is 1. The summed E-state index contributed by atoms with van der Waals surface area (Å²) in [7, 11) is -3.65. The first-order valence-corrected chi connectivity index (χ1v) is 12.7. The second-order valence-corrected chi connectivity index (χ2v) is 10.6. The van der Waals surface area contributed by atoms with Crippen molar-refractivity contribution < 1.29 is 18.0 Å². The van der Waals surface area contributed by atoms with E-state index in [1.165, 1.54) is 0 Å². The van der Waals surface area contributed by atoms with E-state index in [2.05, 4.69) is 15.4 Å². The van der Waals surface area contributed by atoms with Gasteiger partial charge in [-0.15, -0.1) is 11.3 Å². The van der Waals surface area contributed by atoms with Gasteiger partial charge in [-0.1, -0.05) is 24.3 Å². The summed E-state index contributed by atoms with van der Waals surface area (Å²) in [5.74, 6) is -0.109. The van der Waals surface area contributed by atoms with Gasteiger partial charge < -0.3 is 10.6 Å². The average molecular weight is 463 g/mol. The van der Waals surface area contributed by atoms with Crippen molar-refractivity contribution in [2.24, 2.45) is 0 Å². The molecule has 0 radical (unpaired) electrons. The van der Waals surface area contributed by atoms with E-state index in [0.717, 1.165) is 4.88 Å². The third kappa shape index (κ3) is 5.32. The van der Waals surface area contributed by atoms with Crippen molar-refractivity contribution in [2.45, 2.75) is 48.8 Å². The Hall–Kier alpha value is -2.27. The van der Waals surface area contributed by atoms with Gasteiger partial charge in [0.2, 0.25) is 21.8 Å². The van der Waals surface area contributed by atoms with E-state index >= 15 is 0 Å². The molecule has 31 heavy (non-hydrogen) atoms. The molecule has 166 valence electrons. The summed E-state index contributed by atoms with van der Waals surface area (Å²) in [5.41, 5.74) is 0. The molecule has 1 aromatic heterocycles. The molecule has 0 aliphatic carbocycles. The van der Waals surface area contributed by atoms with E-state index in [-0.39, 0.29) is 34.8 Å². The summed E-state index contributed by atoms with van der Waals surface area (Å²) in [6, 6.07) is 11.4. The highest BCUT2D eigenvalue weighted by Crippen LogP contribution is 2.27. The fourth-order valence-corrected chi connectivity index (χ4v) is 6.11. The highest BCUT2D eigenvalue weighted by Gasteiger charge is 2.44. The van der Waals surface area contributed by atoms with Crippen LogP contribution in [0.25, 0.3) is 0 Å². The molecule has 4 rings (SSSR count). The van der Waals surface area contributed by atoms with Crippen LogP contribution in [0.15, 0.2) is 52.7 Å². The van der Waals surface area contributed by atoms with Gasteiger partial charge in [0, 0.05) is 36.5 Å². The van der Waals surface area contributed by atoms with Crippen LogP contribution in [0, 0.1) is 0 Å². The van der Waals surface area contributed by atoms with Gasteiger partial charge in [0.05, 0.1) is 17.5 Å². The quantitative estimate of drug-likeness (QED) is 0.544. The standard InChI is InChI=1S/C21H26N4O4S2/c26-20(22-13-17-5-4-10-30-17)9-8-16-12-23-21(27)19-11-15(14-25(16)19)24-31(28,29)18-6-2-1-3-7-18/h1-7,10,15-16,19,24H,8-9,11-14H2,(H,22,26)(H,23,27)/t15-,16+,19-/m0/s1. The lowest BCUT2D eigenvalue weighted by Gasteiger charge is -2.37. The number of carbonyl (C=O) groups is 2. The highest BCUT2D eigenvalue weighted by atomic mass is 32.2. The van der Waals surface area contributed by atoms with Crippen molar-refractivity contribution in [3.63, 3.8) is 0 Å². The maximum atomic E-state index is 12.7. The molecule has 3 N–H and O–H groups in total. The molecule has 3 heterocycles. The van der Waals surface area contributed by atoms with Crippen molar-refractivity contribution in [3.05, 3.63) is 52.7 Å². The normalized spacial score (nSPS) is 23.9. The summed E-state index contributed by atoms with van der Waals surface area (Å²) in [5, 5.41) is 7.81. The van der Waals surface area contributed by atoms with Gasteiger partial charge in [-0.2, -0.15) is 0 Å². The monoisotopic (exact) mass is 462 g/mol. The number of fused-ring (bicyclic) bond motifs is 1. The number of carbonyl (C=O) groups excluding carboxylic acids is 2. The van der Waals surface area contributed by atoms with Crippen molar-refractivity contribution in [3.8, 4) is 0 Å². The molecule has 2 aromatic rings. The lowest BCUT2D eigenvalue weighted by atomic mass is 10.0. The third-order valence-electron chi connectivity index (χ3n) is 5.74. The number of piperazine rings is 1. The van der Waals surface area contributed by atoms with Crippen LogP contribution < -0.4 is 15.4 Å². The summed E-state index contributed by atoms with van der Waals surface area (Å²) in [4.78, 5) is 28.0. The Morgan fingerprint density at radius 2 is 2.00 bits per heavy atom. The van der Waals surface area contributed by atoms with E-state index in [0.29, 0.717) is 38.9 Å². The Balaban J connectivity index is 1.33. The molecular formula is C21H26N4O4S2. The van der Waals surface area contributed by atoms with Gasteiger partial charge in [0.1, 0.15) is 0 Å². The minimum Gasteiger partial charge on any atom is -0.353 e. The molecule has 2 amide bonds. The maximum absolute atomic E-state index is 12.7. The van der Waals surface area contributed by atoms with Crippen LogP contribution in [-0.4, -0.2) is 56.3 Å². The number of benzene rings is 1. The Bertz CT molecular complexity index is 1010. The zero-order chi connectivity index (χ0) is 21.8. The lowest BCUT2D eigenvalue weighted by Crippen LogP contribution is -2.58. The molecular weight excluding hydrogens is 436 g/mol. The number of hydrogen-bond acceptors (Lipinski definition) is 6. The van der Waals surface area contributed by atoms with Crippen molar-refractivity contribution in [2.75, 3.05) is 13.1 Å². The third-order valence-corrected chi connectivity index (χ3v) is 8.16. The van der Waals surface area contributed by atoms with Crippen LogP contribution >= 0.6 is 11.3 Å². The molecule has 2 aliphatic heterocycles. The first-order chi connectivity index (χ1) is 14.9. The number of hydrogen-bond donors (Lipinski definition) is 3. The minimum atomic E-state index is -3.65. The lowest BCUT2D eigenvalue weighted by molar-refractivity contribution is -0.129. The van der Waals surface area contributed by atoms with Crippen molar-refractivity contribution >= 4 is 33.2 Å². The Kier molecular flexibility index (Phi) is 6.71. The molecule has 0 unspecified atom stereocenters. The van der Waals surface area contributed by atoms with E-state index in [4.69, 9.17) is 0 Å². The SMILES string of the molecule is O=C(CC[C@@H]1CNC(=O)[C@@H]2C[C@H](NS(=O)(=O)c3ccccc3)CN12)NCc1cccs1. The van der Waals surface area contributed by atoms with Crippen molar-refractivity contribution in [1.82, 2.24) is 20.3 Å². The molecule has 2 fully saturated rings. The smallest absolute Gasteiger partial charge is 0.240 e. The van der Waals surface area contributed by atoms with E-state index in [1.807, 2.05) is 22.4 Å². The molecule has 0 saturated carbocycles.